The number of rotatable bonds is 6. The molecule has 1 fully saturated rings. The van der Waals surface area contributed by atoms with Crippen LogP contribution < -0.4 is 9.96 Å². The molecule has 1 N–H and O–H groups in total. The number of nitrogens with zero attached hydrogens (tertiary/aromatic N) is 3. The number of hydrogen-bond acceptors (Lipinski definition) is 6. The average molecular weight is 401 g/mol. The van der Waals surface area contributed by atoms with Crippen LogP contribution >= 0.6 is 23.1 Å². The molecule has 1 aliphatic rings. The van der Waals surface area contributed by atoms with Gasteiger partial charge in [-0.1, -0.05) is 36.5 Å². The van der Waals surface area contributed by atoms with Crippen molar-refractivity contribution in [1.29, 1.82) is 0 Å². The van der Waals surface area contributed by atoms with E-state index in [0.29, 0.717) is 18.3 Å². The fourth-order valence-corrected chi connectivity index (χ4v) is 5.27. The van der Waals surface area contributed by atoms with E-state index in [1.54, 1.807) is 0 Å². The third-order valence-electron chi connectivity index (χ3n) is 4.69. The van der Waals surface area contributed by atoms with Crippen LogP contribution in [-0.4, -0.2) is 42.1 Å². The molecule has 1 aromatic heterocycles. The molecule has 0 radical (unpaired) electrons. The maximum absolute atomic E-state index is 13.9. The van der Waals surface area contributed by atoms with Gasteiger partial charge in [-0.15, -0.1) is 11.8 Å². The Morgan fingerprint density at radius 1 is 1.30 bits per heavy atom. The summed E-state index contributed by atoms with van der Waals surface area (Å²) in [6.07, 6.45) is 0.871. The first kappa shape index (κ1) is 18.7. The molecule has 3 aromatic rings. The summed E-state index contributed by atoms with van der Waals surface area (Å²) in [5, 5.41) is 18.0. The van der Waals surface area contributed by atoms with Gasteiger partial charge in [0.05, 0.1) is 16.8 Å². The molecule has 0 amide bonds. The Kier molecular flexibility index (Phi) is 5.39. The standard InChI is InChI=1S/C20H24N4OS2/c1-3-11-26-16-8-6-7-15(12-16)21-19-13-23(2)14-24(19,25)20-22-17-9-4-5-10-18(17)27-20/h4-10,12,19,21H,3,11,13-14H2,1-2H3. The fourth-order valence-electron chi connectivity index (χ4n) is 3.40. The number of benzene rings is 2. The van der Waals surface area contributed by atoms with Crippen LogP contribution in [0, 0.1) is 5.21 Å². The second-order valence-electron chi connectivity index (χ2n) is 6.98. The monoisotopic (exact) mass is 400 g/mol. The molecule has 2 aromatic carbocycles. The Labute approximate surface area is 168 Å². The number of likely N-dealkylation sites (N-methyl/N-ethyl adjacent to an activating group) is 1. The molecular weight excluding hydrogens is 376 g/mol. The predicted octanol–water partition coefficient (Wildman–Crippen LogP) is 4.94. The molecule has 4 rings (SSSR count). The average Bonchev–Trinajstić information content (AvgIpc) is 3.22. The van der Waals surface area contributed by atoms with E-state index < -0.39 is 4.65 Å². The van der Waals surface area contributed by atoms with Crippen LogP contribution in [0.25, 0.3) is 10.2 Å². The van der Waals surface area contributed by atoms with Crippen molar-refractivity contribution in [2.75, 3.05) is 31.3 Å². The lowest BCUT2D eigenvalue weighted by molar-refractivity contribution is 0.323. The van der Waals surface area contributed by atoms with Gasteiger partial charge in [-0.2, -0.15) is 4.98 Å². The second-order valence-corrected chi connectivity index (χ2v) is 9.15. The van der Waals surface area contributed by atoms with Crippen molar-refractivity contribution < 1.29 is 0 Å². The van der Waals surface area contributed by atoms with Gasteiger partial charge in [0.1, 0.15) is 6.67 Å². The Balaban J connectivity index is 1.61. The van der Waals surface area contributed by atoms with E-state index in [9.17, 15) is 5.21 Å². The first-order valence-electron chi connectivity index (χ1n) is 9.21. The molecule has 142 valence electrons. The minimum absolute atomic E-state index is 0.276. The summed E-state index contributed by atoms with van der Waals surface area (Å²) in [6, 6.07) is 16.3. The van der Waals surface area contributed by atoms with Crippen molar-refractivity contribution in [2.24, 2.45) is 0 Å². The number of quaternary nitrogens is 1. The highest BCUT2D eigenvalue weighted by Crippen LogP contribution is 2.37. The number of thiazole rings is 1. The lowest BCUT2D eigenvalue weighted by Gasteiger charge is -2.40. The van der Waals surface area contributed by atoms with Crippen LogP contribution in [0.15, 0.2) is 53.4 Å². The maximum atomic E-state index is 13.9. The molecule has 5 nitrogen and oxygen atoms in total. The molecule has 2 atom stereocenters. The highest BCUT2D eigenvalue weighted by Gasteiger charge is 2.42. The molecule has 0 bridgehead atoms. The largest absolute Gasteiger partial charge is 0.623 e. The van der Waals surface area contributed by atoms with Crippen molar-refractivity contribution in [3.8, 4) is 0 Å². The number of hydroxylamine groups is 2. The number of para-hydroxylation sites is 1. The molecule has 1 aliphatic heterocycles. The number of hydrogen-bond donors (Lipinski definition) is 1. The van der Waals surface area contributed by atoms with Gasteiger partial charge in [-0.25, -0.2) is 0 Å². The second kappa shape index (κ2) is 7.77. The Morgan fingerprint density at radius 3 is 2.96 bits per heavy atom. The third kappa shape index (κ3) is 3.83. The normalized spacial score (nSPS) is 23.1. The molecule has 0 aliphatic carbocycles. The summed E-state index contributed by atoms with van der Waals surface area (Å²) < 4.78 is 0.606. The van der Waals surface area contributed by atoms with E-state index >= 15 is 0 Å². The van der Waals surface area contributed by atoms with Gasteiger partial charge in [0.2, 0.25) is 0 Å². The van der Waals surface area contributed by atoms with Gasteiger partial charge < -0.3 is 10.5 Å². The number of aromatic nitrogens is 1. The molecule has 2 unspecified atom stereocenters. The smallest absolute Gasteiger partial charge is 0.290 e. The van der Waals surface area contributed by atoms with E-state index in [1.165, 1.54) is 16.2 Å². The fraction of sp³-hybridized carbons (Fsp3) is 0.350. The van der Waals surface area contributed by atoms with Crippen molar-refractivity contribution in [1.82, 2.24) is 14.5 Å². The van der Waals surface area contributed by atoms with Crippen molar-refractivity contribution in [3.05, 3.63) is 53.7 Å². The van der Waals surface area contributed by atoms with Gasteiger partial charge in [-0.05, 0) is 49.6 Å². The number of anilines is 1. The van der Waals surface area contributed by atoms with Crippen LogP contribution in [0.2, 0.25) is 0 Å². The molecule has 7 heteroatoms. The van der Waals surface area contributed by atoms with Crippen LogP contribution in [0.5, 0.6) is 0 Å². The summed E-state index contributed by atoms with van der Waals surface area (Å²) in [4.78, 5) is 7.97. The highest BCUT2D eigenvalue weighted by molar-refractivity contribution is 7.99. The lowest BCUT2D eigenvalue weighted by Crippen LogP contribution is -2.52. The number of fused-ring (bicyclic) bond motifs is 1. The Bertz CT molecular complexity index is 898. The minimum Gasteiger partial charge on any atom is -0.623 e. The maximum Gasteiger partial charge on any atom is 0.290 e. The highest BCUT2D eigenvalue weighted by atomic mass is 32.2. The Hall–Kier alpha value is -1.64. The molecule has 0 spiro atoms. The van der Waals surface area contributed by atoms with Gasteiger partial charge in [0, 0.05) is 10.6 Å². The van der Waals surface area contributed by atoms with Crippen LogP contribution in [0.1, 0.15) is 13.3 Å². The molecule has 27 heavy (non-hydrogen) atoms. The van der Waals surface area contributed by atoms with E-state index in [4.69, 9.17) is 0 Å². The van der Waals surface area contributed by atoms with E-state index in [0.717, 1.165) is 28.1 Å². The van der Waals surface area contributed by atoms with Crippen molar-refractivity contribution in [3.63, 3.8) is 0 Å². The SMILES string of the molecule is CCCSc1cccc(NC2CN(C)C[N+]2([O-])c2nc3ccccc3s2)c1. The van der Waals surface area contributed by atoms with Gasteiger partial charge >= 0.3 is 0 Å². The van der Waals surface area contributed by atoms with Crippen LogP contribution in [0.4, 0.5) is 10.8 Å². The van der Waals surface area contributed by atoms with Crippen LogP contribution in [-0.2, 0) is 0 Å². The van der Waals surface area contributed by atoms with Crippen molar-refractivity contribution >= 4 is 44.1 Å². The van der Waals surface area contributed by atoms with Gasteiger partial charge in [-0.3, -0.25) is 9.55 Å². The quantitative estimate of drug-likeness (QED) is 0.361. The zero-order valence-electron chi connectivity index (χ0n) is 15.6. The van der Waals surface area contributed by atoms with E-state index in [1.807, 2.05) is 49.1 Å². The summed E-state index contributed by atoms with van der Waals surface area (Å²) in [6.45, 7) is 3.28. The van der Waals surface area contributed by atoms with E-state index in [2.05, 4.69) is 40.3 Å². The lowest BCUT2D eigenvalue weighted by atomic mass is 10.3. The summed E-state index contributed by atoms with van der Waals surface area (Å²) in [5.41, 5.74) is 1.90. The first-order valence-corrected chi connectivity index (χ1v) is 11.0. The molecule has 0 saturated carbocycles. The minimum atomic E-state index is -0.456. The summed E-state index contributed by atoms with van der Waals surface area (Å²) >= 11 is 3.35. The topological polar surface area (TPSA) is 51.2 Å². The number of thioether (sulfide) groups is 1. The third-order valence-corrected chi connectivity index (χ3v) is 7.03. The van der Waals surface area contributed by atoms with Gasteiger partial charge in [0.15, 0.2) is 6.17 Å². The van der Waals surface area contributed by atoms with Crippen molar-refractivity contribution in [2.45, 2.75) is 24.4 Å². The zero-order valence-corrected chi connectivity index (χ0v) is 17.2. The van der Waals surface area contributed by atoms with E-state index in [-0.39, 0.29) is 6.17 Å². The van der Waals surface area contributed by atoms with Crippen LogP contribution in [0.3, 0.4) is 0 Å². The first-order chi connectivity index (χ1) is 13.1. The molecular formula is C20H24N4OS2. The zero-order chi connectivity index (χ0) is 18.9. The van der Waals surface area contributed by atoms with Gasteiger partial charge in [0.25, 0.3) is 5.13 Å². The summed E-state index contributed by atoms with van der Waals surface area (Å²) in [5.74, 6) is 1.10. The Morgan fingerprint density at radius 2 is 2.15 bits per heavy atom. The summed E-state index contributed by atoms with van der Waals surface area (Å²) in [7, 11) is 1.99. The molecule has 1 saturated heterocycles. The number of nitrogens with one attached hydrogen (secondary N) is 1. The molecule has 2 heterocycles. The predicted molar refractivity (Wildman–Crippen MR) is 117 cm³/mol.